The standard InChI is InChI=1S/C9H11BrN4O2/c1-16-5-6(10)4-7-2-3-8-11-12-9(15)14(8)13-7/h2-3,6H,4-5H2,1H3,(H,12,15). The molecule has 0 fully saturated rings. The molecule has 0 aromatic carbocycles. The Hall–Kier alpha value is -1.21. The molecule has 7 heteroatoms. The Morgan fingerprint density at radius 1 is 1.62 bits per heavy atom. The maximum Gasteiger partial charge on any atom is 0.364 e. The molecule has 86 valence electrons. The number of H-pyrrole nitrogens is 1. The first kappa shape index (κ1) is 11.3. The van der Waals surface area contributed by atoms with Crippen LogP contribution in [0.1, 0.15) is 5.69 Å². The van der Waals surface area contributed by atoms with E-state index in [4.69, 9.17) is 4.74 Å². The van der Waals surface area contributed by atoms with Gasteiger partial charge in [0.1, 0.15) is 0 Å². The molecule has 2 aromatic heterocycles. The third kappa shape index (κ3) is 2.30. The first-order chi connectivity index (χ1) is 7.70. The molecule has 6 nitrogen and oxygen atoms in total. The Kier molecular flexibility index (Phi) is 3.35. The van der Waals surface area contributed by atoms with Crippen molar-refractivity contribution in [2.75, 3.05) is 13.7 Å². The molecule has 0 saturated heterocycles. The minimum absolute atomic E-state index is 0.185. The van der Waals surface area contributed by atoms with E-state index in [9.17, 15) is 4.79 Å². The third-order valence-corrected chi connectivity index (χ3v) is 2.69. The van der Waals surface area contributed by atoms with Gasteiger partial charge in [0.25, 0.3) is 0 Å². The Morgan fingerprint density at radius 3 is 3.19 bits per heavy atom. The lowest BCUT2D eigenvalue weighted by molar-refractivity contribution is 0.200. The van der Waals surface area contributed by atoms with Crippen molar-refractivity contribution in [3.05, 3.63) is 28.3 Å². The molecule has 2 rings (SSSR count). The van der Waals surface area contributed by atoms with Gasteiger partial charge in [0.15, 0.2) is 5.65 Å². The summed E-state index contributed by atoms with van der Waals surface area (Å²) in [5.74, 6) is 0. The zero-order valence-electron chi connectivity index (χ0n) is 8.68. The number of alkyl halides is 1. The highest BCUT2D eigenvalue weighted by Crippen LogP contribution is 2.08. The second kappa shape index (κ2) is 4.75. The fraction of sp³-hybridized carbons (Fsp3) is 0.444. The minimum atomic E-state index is -0.324. The fourth-order valence-corrected chi connectivity index (χ4v) is 2.01. The van der Waals surface area contributed by atoms with Gasteiger partial charge in [-0.1, -0.05) is 15.9 Å². The second-order valence-corrected chi connectivity index (χ2v) is 4.68. The first-order valence-electron chi connectivity index (χ1n) is 4.77. The summed E-state index contributed by atoms with van der Waals surface area (Å²) in [5.41, 5.74) is 1.01. The van der Waals surface area contributed by atoms with Gasteiger partial charge in [0.2, 0.25) is 0 Å². The predicted molar refractivity (Wildman–Crippen MR) is 61.9 cm³/mol. The maximum atomic E-state index is 11.3. The van der Waals surface area contributed by atoms with Crippen LogP contribution in [0.5, 0.6) is 0 Å². The zero-order valence-corrected chi connectivity index (χ0v) is 10.3. The van der Waals surface area contributed by atoms with Gasteiger partial charge in [0, 0.05) is 18.4 Å². The Labute approximate surface area is 99.7 Å². The summed E-state index contributed by atoms with van der Waals surface area (Å²) in [5, 5.41) is 10.3. The van der Waals surface area contributed by atoms with Crippen molar-refractivity contribution in [1.82, 2.24) is 19.8 Å². The topological polar surface area (TPSA) is 72.3 Å². The predicted octanol–water partition coefficient (Wildman–Crippen LogP) is 0.370. The van der Waals surface area contributed by atoms with Gasteiger partial charge in [0.05, 0.1) is 12.3 Å². The van der Waals surface area contributed by atoms with Crippen LogP contribution < -0.4 is 5.69 Å². The lowest BCUT2D eigenvalue weighted by Crippen LogP contribution is -2.16. The molecule has 0 radical (unpaired) electrons. The molecule has 16 heavy (non-hydrogen) atoms. The van der Waals surface area contributed by atoms with Crippen molar-refractivity contribution in [2.45, 2.75) is 11.2 Å². The van der Waals surface area contributed by atoms with Gasteiger partial charge < -0.3 is 4.74 Å². The van der Waals surface area contributed by atoms with Gasteiger partial charge in [-0.3, -0.25) is 0 Å². The normalized spacial score (nSPS) is 13.1. The number of fused-ring (bicyclic) bond motifs is 1. The van der Waals surface area contributed by atoms with Crippen molar-refractivity contribution in [3.8, 4) is 0 Å². The minimum Gasteiger partial charge on any atom is -0.384 e. The molecular formula is C9H11BrN4O2. The van der Waals surface area contributed by atoms with Gasteiger partial charge in [-0.25, -0.2) is 9.89 Å². The molecule has 0 saturated carbocycles. The Morgan fingerprint density at radius 2 is 2.44 bits per heavy atom. The van der Waals surface area contributed by atoms with Crippen LogP contribution in [-0.4, -0.2) is 38.4 Å². The summed E-state index contributed by atoms with van der Waals surface area (Å²) < 4.78 is 6.26. The summed E-state index contributed by atoms with van der Waals surface area (Å²) in [7, 11) is 1.64. The van der Waals surface area contributed by atoms with Gasteiger partial charge >= 0.3 is 5.69 Å². The number of nitrogens with zero attached hydrogens (tertiary/aromatic N) is 3. The molecule has 1 N–H and O–H groups in total. The van der Waals surface area contributed by atoms with Crippen LogP contribution in [-0.2, 0) is 11.2 Å². The largest absolute Gasteiger partial charge is 0.384 e. The first-order valence-corrected chi connectivity index (χ1v) is 5.68. The van der Waals surface area contributed by atoms with Crippen molar-refractivity contribution in [3.63, 3.8) is 0 Å². The van der Waals surface area contributed by atoms with Crippen molar-refractivity contribution in [2.24, 2.45) is 0 Å². The second-order valence-electron chi connectivity index (χ2n) is 3.38. The summed E-state index contributed by atoms with van der Waals surface area (Å²) in [6.07, 6.45) is 0.696. The van der Waals surface area contributed by atoms with Crippen LogP contribution in [0, 0.1) is 0 Å². The van der Waals surface area contributed by atoms with E-state index in [2.05, 4.69) is 31.2 Å². The van der Waals surface area contributed by atoms with E-state index in [1.54, 1.807) is 13.2 Å². The van der Waals surface area contributed by atoms with E-state index in [0.717, 1.165) is 5.69 Å². The van der Waals surface area contributed by atoms with E-state index in [-0.39, 0.29) is 10.5 Å². The van der Waals surface area contributed by atoms with Gasteiger partial charge in [-0.2, -0.15) is 14.7 Å². The molecule has 0 aliphatic carbocycles. The monoisotopic (exact) mass is 286 g/mol. The van der Waals surface area contributed by atoms with Crippen molar-refractivity contribution >= 4 is 21.6 Å². The molecule has 1 atom stereocenters. The fourth-order valence-electron chi connectivity index (χ4n) is 1.42. The zero-order chi connectivity index (χ0) is 11.5. The number of ether oxygens (including phenoxy) is 1. The number of aromatic nitrogens is 4. The van der Waals surface area contributed by atoms with E-state index in [1.807, 2.05) is 6.07 Å². The van der Waals surface area contributed by atoms with E-state index >= 15 is 0 Å². The molecule has 0 aliphatic heterocycles. The summed E-state index contributed by atoms with van der Waals surface area (Å²) in [6, 6.07) is 3.60. The summed E-state index contributed by atoms with van der Waals surface area (Å²) in [4.78, 5) is 11.5. The highest BCUT2D eigenvalue weighted by Gasteiger charge is 2.08. The lowest BCUT2D eigenvalue weighted by atomic mass is 10.2. The van der Waals surface area contributed by atoms with E-state index < -0.39 is 0 Å². The van der Waals surface area contributed by atoms with E-state index in [0.29, 0.717) is 18.7 Å². The molecule has 0 bridgehead atoms. The summed E-state index contributed by atoms with van der Waals surface area (Å²) in [6.45, 7) is 0.597. The quantitative estimate of drug-likeness (QED) is 0.825. The molecule has 0 amide bonds. The molecule has 0 spiro atoms. The highest BCUT2D eigenvalue weighted by molar-refractivity contribution is 9.09. The van der Waals surface area contributed by atoms with Crippen LogP contribution >= 0.6 is 15.9 Å². The number of nitrogens with one attached hydrogen (secondary N) is 1. The molecule has 0 aliphatic rings. The molecule has 1 unspecified atom stereocenters. The van der Waals surface area contributed by atoms with Crippen molar-refractivity contribution in [1.29, 1.82) is 0 Å². The molecular weight excluding hydrogens is 276 g/mol. The molecule has 2 heterocycles. The average molecular weight is 287 g/mol. The van der Waals surface area contributed by atoms with Crippen LogP contribution in [0.25, 0.3) is 5.65 Å². The smallest absolute Gasteiger partial charge is 0.364 e. The van der Waals surface area contributed by atoms with Crippen LogP contribution in [0.15, 0.2) is 16.9 Å². The van der Waals surface area contributed by atoms with Gasteiger partial charge in [-0.05, 0) is 12.1 Å². The third-order valence-electron chi connectivity index (χ3n) is 2.11. The number of aromatic amines is 1. The number of methoxy groups -OCH3 is 1. The number of rotatable bonds is 4. The Bertz CT molecular complexity index is 536. The highest BCUT2D eigenvalue weighted by atomic mass is 79.9. The maximum absolute atomic E-state index is 11.3. The van der Waals surface area contributed by atoms with Crippen molar-refractivity contribution < 1.29 is 4.74 Å². The van der Waals surface area contributed by atoms with E-state index in [1.165, 1.54) is 4.52 Å². The van der Waals surface area contributed by atoms with Gasteiger partial charge in [-0.15, -0.1) is 0 Å². The average Bonchev–Trinajstić information content (AvgIpc) is 2.61. The SMILES string of the molecule is COCC(Br)Cc1ccc2n[nH]c(=O)n2n1. The summed E-state index contributed by atoms with van der Waals surface area (Å²) >= 11 is 3.47. The number of halogens is 1. The number of hydrogen-bond acceptors (Lipinski definition) is 4. The van der Waals surface area contributed by atoms with Crippen LogP contribution in [0.4, 0.5) is 0 Å². The molecule has 2 aromatic rings. The van der Waals surface area contributed by atoms with Crippen LogP contribution in [0.3, 0.4) is 0 Å². The van der Waals surface area contributed by atoms with Crippen LogP contribution in [0.2, 0.25) is 0 Å². The lowest BCUT2D eigenvalue weighted by Gasteiger charge is -2.07. The Balaban J connectivity index is 2.25. The number of hydrogen-bond donors (Lipinski definition) is 1.